The predicted molar refractivity (Wildman–Crippen MR) is 127 cm³/mol. The zero-order valence-corrected chi connectivity index (χ0v) is 18.1. The highest BCUT2D eigenvalue weighted by Crippen LogP contribution is 2.14. The summed E-state index contributed by atoms with van der Waals surface area (Å²) in [6, 6.07) is 24.1. The normalized spacial score (nSPS) is 10.7. The first-order valence-electron chi connectivity index (χ1n) is 10.6. The molecule has 0 bridgehead atoms. The summed E-state index contributed by atoms with van der Waals surface area (Å²) >= 11 is 0. The van der Waals surface area contributed by atoms with Gasteiger partial charge >= 0.3 is 0 Å². The van der Waals surface area contributed by atoms with Gasteiger partial charge < -0.3 is 10.1 Å². The number of hydrazone groups is 1. The molecule has 6 nitrogen and oxygen atoms in total. The van der Waals surface area contributed by atoms with Crippen molar-refractivity contribution in [1.29, 1.82) is 0 Å². The number of amides is 2. The van der Waals surface area contributed by atoms with E-state index < -0.39 is 0 Å². The van der Waals surface area contributed by atoms with Gasteiger partial charge in [-0.15, -0.1) is 0 Å². The van der Waals surface area contributed by atoms with Gasteiger partial charge in [-0.2, -0.15) is 5.10 Å². The molecule has 0 saturated heterocycles. The third-order valence-corrected chi connectivity index (χ3v) is 4.70. The third-order valence-electron chi connectivity index (χ3n) is 4.70. The second kappa shape index (κ2) is 12.1. The molecule has 0 radical (unpaired) electrons. The monoisotopic (exact) mass is 429 g/mol. The fourth-order valence-electron chi connectivity index (χ4n) is 2.89. The first kappa shape index (κ1) is 22.7. The van der Waals surface area contributed by atoms with E-state index >= 15 is 0 Å². The molecule has 164 valence electrons. The van der Waals surface area contributed by atoms with Crippen molar-refractivity contribution in [3.8, 4) is 5.75 Å². The van der Waals surface area contributed by atoms with Crippen molar-refractivity contribution >= 4 is 23.7 Å². The molecular weight excluding hydrogens is 402 g/mol. The quantitative estimate of drug-likeness (QED) is 0.345. The van der Waals surface area contributed by atoms with Crippen LogP contribution in [0.2, 0.25) is 0 Å². The highest BCUT2D eigenvalue weighted by molar-refractivity contribution is 5.96. The zero-order valence-electron chi connectivity index (χ0n) is 18.1. The average Bonchev–Trinajstić information content (AvgIpc) is 2.83. The Bertz CT molecular complexity index is 1030. The van der Waals surface area contributed by atoms with Crippen LogP contribution in [0.25, 0.3) is 0 Å². The van der Waals surface area contributed by atoms with E-state index in [-0.39, 0.29) is 11.8 Å². The Balaban J connectivity index is 1.45. The molecule has 0 aliphatic rings. The fraction of sp³-hybridized carbons (Fsp3) is 0.192. The van der Waals surface area contributed by atoms with Crippen molar-refractivity contribution in [2.45, 2.75) is 32.8 Å². The number of nitrogens with zero attached hydrogens (tertiary/aromatic N) is 1. The van der Waals surface area contributed by atoms with Gasteiger partial charge in [0.05, 0.1) is 6.21 Å². The second-order valence-corrected chi connectivity index (χ2v) is 7.27. The van der Waals surface area contributed by atoms with Gasteiger partial charge in [-0.1, -0.05) is 43.7 Å². The lowest BCUT2D eigenvalue weighted by atomic mass is 10.2. The molecule has 0 saturated carbocycles. The molecule has 3 aromatic carbocycles. The summed E-state index contributed by atoms with van der Waals surface area (Å²) in [4.78, 5) is 24.0. The van der Waals surface area contributed by atoms with Crippen molar-refractivity contribution in [1.82, 2.24) is 5.43 Å². The number of rotatable bonds is 10. The van der Waals surface area contributed by atoms with Crippen LogP contribution in [0.4, 0.5) is 5.69 Å². The summed E-state index contributed by atoms with van der Waals surface area (Å²) in [7, 11) is 0. The number of nitrogens with one attached hydrogen (secondary N) is 2. The van der Waals surface area contributed by atoms with Crippen LogP contribution < -0.4 is 15.5 Å². The minimum atomic E-state index is -0.326. The summed E-state index contributed by atoms with van der Waals surface area (Å²) in [5, 5.41) is 6.83. The number of hydrogen-bond donors (Lipinski definition) is 2. The minimum absolute atomic E-state index is 0.0230. The molecular formula is C26H27N3O3. The first-order valence-corrected chi connectivity index (χ1v) is 10.6. The third kappa shape index (κ3) is 7.40. The van der Waals surface area contributed by atoms with E-state index in [0.29, 0.717) is 24.3 Å². The highest BCUT2D eigenvalue weighted by atomic mass is 16.5. The van der Waals surface area contributed by atoms with Crippen LogP contribution in [0, 0.1) is 0 Å². The van der Waals surface area contributed by atoms with Crippen molar-refractivity contribution in [3.63, 3.8) is 0 Å². The Labute approximate surface area is 188 Å². The number of anilines is 1. The molecule has 0 heterocycles. The van der Waals surface area contributed by atoms with Crippen LogP contribution in [0.15, 0.2) is 84.0 Å². The van der Waals surface area contributed by atoms with E-state index in [1.807, 2.05) is 61.5 Å². The van der Waals surface area contributed by atoms with Crippen molar-refractivity contribution in [2.75, 3.05) is 5.32 Å². The van der Waals surface area contributed by atoms with Gasteiger partial charge in [0.2, 0.25) is 5.91 Å². The Morgan fingerprint density at radius 3 is 2.34 bits per heavy atom. The maximum atomic E-state index is 12.3. The zero-order chi connectivity index (χ0) is 22.6. The number of benzene rings is 3. The van der Waals surface area contributed by atoms with Crippen molar-refractivity contribution < 1.29 is 14.3 Å². The minimum Gasteiger partial charge on any atom is -0.489 e. The maximum absolute atomic E-state index is 12.3. The molecule has 0 fully saturated rings. The largest absolute Gasteiger partial charge is 0.489 e. The van der Waals surface area contributed by atoms with Crippen LogP contribution in [0.5, 0.6) is 5.75 Å². The standard InChI is InChI=1S/C26H27N3O3/c1-2-3-9-25(30)28-23-14-12-22(13-15-23)26(31)29-27-18-20-10-16-24(17-11-20)32-19-21-7-5-4-6-8-21/h4-8,10-18H,2-3,9,19H2,1H3,(H,28,30)(H,29,31)/b27-18+. The van der Waals surface area contributed by atoms with Crippen LogP contribution >= 0.6 is 0 Å². The molecule has 0 atom stereocenters. The first-order chi connectivity index (χ1) is 15.6. The van der Waals surface area contributed by atoms with Gasteiger partial charge in [-0.05, 0) is 66.1 Å². The van der Waals surface area contributed by atoms with Crippen LogP contribution in [-0.2, 0) is 11.4 Å². The smallest absolute Gasteiger partial charge is 0.271 e. The number of hydrogen-bond acceptors (Lipinski definition) is 4. The van der Waals surface area contributed by atoms with E-state index in [9.17, 15) is 9.59 Å². The molecule has 0 aromatic heterocycles. The van der Waals surface area contributed by atoms with E-state index in [0.717, 1.165) is 29.7 Å². The maximum Gasteiger partial charge on any atom is 0.271 e. The van der Waals surface area contributed by atoms with Crippen LogP contribution in [-0.4, -0.2) is 18.0 Å². The lowest BCUT2D eigenvalue weighted by Crippen LogP contribution is -2.17. The van der Waals surface area contributed by atoms with E-state index in [2.05, 4.69) is 15.8 Å². The number of ether oxygens (including phenoxy) is 1. The SMILES string of the molecule is CCCCC(=O)Nc1ccc(C(=O)N/N=C/c2ccc(OCc3ccccc3)cc2)cc1. The van der Waals surface area contributed by atoms with Crippen molar-refractivity contribution in [3.05, 3.63) is 95.6 Å². The van der Waals surface area contributed by atoms with Gasteiger partial charge in [0, 0.05) is 17.7 Å². The molecule has 6 heteroatoms. The van der Waals surface area contributed by atoms with Crippen LogP contribution in [0.1, 0.15) is 47.7 Å². The molecule has 3 aromatic rings. The highest BCUT2D eigenvalue weighted by Gasteiger charge is 2.06. The number of carbonyl (C=O) groups is 2. The average molecular weight is 430 g/mol. The molecule has 2 amide bonds. The van der Waals surface area contributed by atoms with E-state index in [1.54, 1.807) is 30.5 Å². The van der Waals surface area contributed by atoms with Gasteiger partial charge in [-0.3, -0.25) is 9.59 Å². The van der Waals surface area contributed by atoms with Gasteiger partial charge in [-0.25, -0.2) is 5.43 Å². The summed E-state index contributed by atoms with van der Waals surface area (Å²) in [6.07, 6.45) is 3.89. The molecule has 3 rings (SSSR count). The van der Waals surface area contributed by atoms with Gasteiger partial charge in [0.1, 0.15) is 12.4 Å². The Hall–Kier alpha value is -3.93. The van der Waals surface area contributed by atoms with Crippen LogP contribution in [0.3, 0.4) is 0 Å². The summed E-state index contributed by atoms with van der Waals surface area (Å²) in [5.74, 6) is 0.412. The van der Waals surface area contributed by atoms with Crippen molar-refractivity contribution in [2.24, 2.45) is 5.10 Å². The summed E-state index contributed by atoms with van der Waals surface area (Å²) in [5.41, 5.74) is 5.57. The lowest BCUT2D eigenvalue weighted by molar-refractivity contribution is -0.116. The second-order valence-electron chi connectivity index (χ2n) is 7.27. The van der Waals surface area contributed by atoms with Gasteiger partial charge in [0.25, 0.3) is 5.91 Å². The Kier molecular flexibility index (Phi) is 8.57. The van der Waals surface area contributed by atoms with E-state index in [4.69, 9.17) is 4.74 Å². The molecule has 0 aliphatic carbocycles. The summed E-state index contributed by atoms with van der Waals surface area (Å²) in [6.45, 7) is 2.55. The Morgan fingerprint density at radius 1 is 0.938 bits per heavy atom. The van der Waals surface area contributed by atoms with E-state index in [1.165, 1.54) is 0 Å². The molecule has 32 heavy (non-hydrogen) atoms. The number of unbranched alkanes of at least 4 members (excludes halogenated alkanes) is 1. The topological polar surface area (TPSA) is 79.8 Å². The summed E-state index contributed by atoms with van der Waals surface area (Å²) < 4.78 is 5.76. The molecule has 0 unspecified atom stereocenters. The van der Waals surface area contributed by atoms with Gasteiger partial charge in [0.15, 0.2) is 0 Å². The Morgan fingerprint density at radius 2 is 1.66 bits per heavy atom. The molecule has 0 spiro atoms. The fourth-order valence-corrected chi connectivity index (χ4v) is 2.89. The molecule has 2 N–H and O–H groups in total. The molecule has 0 aliphatic heterocycles. The predicted octanol–water partition coefficient (Wildman–Crippen LogP) is 5.16. The number of carbonyl (C=O) groups excluding carboxylic acids is 2. The lowest BCUT2D eigenvalue weighted by Gasteiger charge is -2.06.